The molecule has 0 bridgehead atoms. The van der Waals surface area contributed by atoms with Crippen molar-refractivity contribution in [1.29, 1.82) is 0 Å². The molecule has 2 rings (SSSR count). The van der Waals surface area contributed by atoms with Crippen molar-refractivity contribution < 1.29 is 0 Å². The molecule has 1 N–H and O–H groups in total. The molecule has 0 spiro atoms. The summed E-state index contributed by atoms with van der Waals surface area (Å²) >= 11 is 6.05. The summed E-state index contributed by atoms with van der Waals surface area (Å²) in [6, 6.07) is 1.83. The molecule has 1 aromatic heterocycles. The van der Waals surface area contributed by atoms with Crippen LogP contribution in [0.15, 0.2) is 6.07 Å². The second-order valence-electron chi connectivity index (χ2n) is 5.97. The zero-order chi connectivity index (χ0) is 13.7. The molecule has 19 heavy (non-hydrogen) atoms. The topological polar surface area (TPSA) is 37.8 Å². The molecule has 0 unspecified atom stereocenters. The van der Waals surface area contributed by atoms with Gasteiger partial charge in [-0.05, 0) is 24.7 Å². The minimum absolute atomic E-state index is 0.403. The summed E-state index contributed by atoms with van der Waals surface area (Å²) in [5.74, 6) is 1.71. The molecule has 1 aromatic rings. The number of hydrogen-bond acceptors (Lipinski definition) is 3. The molecule has 0 saturated heterocycles. The fourth-order valence-corrected chi connectivity index (χ4v) is 2.98. The van der Waals surface area contributed by atoms with Crippen LogP contribution in [0.4, 0.5) is 5.82 Å². The molecule has 0 atom stereocenters. The zero-order valence-electron chi connectivity index (χ0n) is 12.0. The highest BCUT2D eigenvalue weighted by atomic mass is 35.5. The van der Waals surface area contributed by atoms with E-state index in [4.69, 9.17) is 11.6 Å². The van der Waals surface area contributed by atoms with Gasteiger partial charge in [-0.15, -0.1) is 0 Å². The first-order valence-corrected chi connectivity index (χ1v) is 7.76. The molecular formula is C15H24ClN3. The van der Waals surface area contributed by atoms with Gasteiger partial charge in [0.1, 0.15) is 16.8 Å². The van der Waals surface area contributed by atoms with Crippen LogP contribution in [0.25, 0.3) is 0 Å². The molecule has 1 heterocycles. The van der Waals surface area contributed by atoms with Crippen molar-refractivity contribution in [3.8, 4) is 0 Å². The smallest absolute Gasteiger partial charge is 0.134 e. The standard InChI is InChI=1S/C15H24ClN3/c1-3-7-13-18-12(16)10-14(19-13)17-11-15(2)8-5-4-6-9-15/h10H,3-9,11H2,1-2H3,(H,17,18,19). The first-order valence-electron chi connectivity index (χ1n) is 7.39. The SMILES string of the molecule is CCCc1nc(Cl)cc(NCC2(C)CCCCC2)n1. The lowest BCUT2D eigenvalue weighted by Gasteiger charge is -2.33. The van der Waals surface area contributed by atoms with E-state index in [1.54, 1.807) is 0 Å². The molecule has 0 aliphatic heterocycles. The molecule has 4 heteroatoms. The monoisotopic (exact) mass is 281 g/mol. The lowest BCUT2D eigenvalue weighted by molar-refractivity contribution is 0.233. The van der Waals surface area contributed by atoms with Crippen LogP contribution in [0.5, 0.6) is 0 Å². The van der Waals surface area contributed by atoms with Gasteiger partial charge in [0.2, 0.25) is 0 Å². The largest absolute Gasteiger partial charge is 0.369 e. The lowest BCUT2D eigenvalue weighted by atomic mass is 9.76. The summed E-state index contributed by atoms with van der Waals surface area (Å²) in [5.41, 5.74) is 0.403. The van der Waals surface area contributed by atoms with Crippen LogP contribution in [0, 0.1) is 5.41 Å². The maximum atomic E-state index is 6.05. The van der Waals surface area contributed by atoms with Gasteiger partial charge in [0, 0.05) is 19.0 Å². The van der Waals surface area contributed by atoms with Crippen molar-refractivity contribution in [3.05, 3.63) is 17.0 Å². The average molecular weight is 282 g/mol. The van der Waals surface area contributed by atoms with E-state index in [0.29, 0.717) is 10.6 Å². The Bertz CT molecular complexity index is 414. The molecule has 0 radical (unpaired) electrons. The Morgan fingerprint density at radius 2 is 2.00 bits per heavy atom. The van der Waals surface area contributed by atoms with Crippen LogP contribution in [-0.4, -0.2) is 16.5 Å². The van der Waals surface area contributed by atoms with Crippen LogP contribution in [0.3, 0.4) is 0 Å². The van der Waals surface area contributed by atoms with Gasteiger partial charge in [0.25, 0.3) is 0 Å². The van der Waals surface area contributed by atoms with Gasteiger partial charge in [-0.25, -0.2) is 9.97 Å². The Morgan fingerprint density at radius 1 is 1.26 bits per heavy atom. The lowest BCUT2D eigenvalue weighted by Crippen LogP contribution is -2.29. The van der Waals surface area contributed by atoms with E-state index >= 15 is 0 Å². The minimum Gasteiger partial charge on any atom is -0.369 e. The molecule has 3 nitrogen and oxygen atoms in total. The third kappa shape index (κ3) is 4.34. The highest BCUT2D eigenvalue weighted by molar-refractivity contribution is 6.29. The normalized spacial score (nSPS) is 18.3. The van der Waals surface area contributed by atoms with Crippen molar-refractivity contribution in [2.24, 2.45) is 5.41 Å². The summed E-state index contributed by atoms with van der Waals surface area (Å²) in [5, 5.41) is 4.00. The number of aryl methyl sites for hydroxylation is 1. The van der Waals surface area contributed by atoms with Gasteiger partial charge in [-0.1, -0.05) is 44.7 Å². The number of rotatable bonds is 5. The van der Waals surface area contributed by atoms with Crippen molar-refractivity contribution in [1.82, 2.24) is 9.97 Å². The maximum absolute atomic E-state index is 6.05. The summed E-state index contributed by atoms with van der Waals surface area (Å²) in [6.45, 7) is 5.47. The Kier molecular flexibility index (Phi) is 5.03. The molecule has 1 aliphatic carbocycles. The van der Waals surface area contributed by atoms with Crippen LogP contribution in [0.1, 0.15) is 58.2 Å². The predicted molar refractivity (Wildman–Crippen MR) is 80.7 cm³/mol. The van der Waals surface area contributed by atoms with Crippen LogP contribution in [0.2, 0.25) is 5.15 Å². The number of nitrogens with one attached hydrogen (secondary N) is 1. The van der Waals surface area contributed by atoms with E-state index in [-0.39, 0.29) is 0 Å². The number of aromatic nitrogens is 2. The molecule has 0 aromatic carbocycles. The fraction of sp³-hybridized carbons (Fsp3) is 0.733. The third-order valence-corrected chi connectivity index (χ3v) is 4.17. The van der Waals surface area contributed by atoms with Gasteiger partial charge in [-0.3, -0.25) is 0 Å². The third-order valence-electron chi connectivity index (χ3n) is 3.97. The Morgan fingerprint density at radius 3 is 2.68 bits per heavy atom. The first-order chi connectivity index (χ1) is 9.11. The van der Waals surface area contributed by atoms with Gasteiger partial charge in [0.15, 0.2) is 0 Å². The molecular weight excluding hydrogens is 258 g/mol. The second-order valence-corrected chi connectivity index (χ2v) is 6.35. The zero-order valence-corrected chi connectivity index (χ0v) is 12.8. The van der Waals surface area contributed by atoms with E-state index in [0.717, 1.165) is 31.0 Å². The van der Waals surface area contributed by atoms with E-state index in [2.05, 4.69) is 29.1 Å². The maximum Gasteiger partial charge on any atom is 0.134 e. The van der Waals surface area contributed by atoms with E-state index in [1.165, 1.54) is 32.1 Å². The quantitative estimate of drug-likeness (QED) is 0.810. The van der Waals surface area contributed by atoms with Crippen molar-refractivity contribution in [2.75, 3.05) is 11.9 Å². The van der Waals surface area contributed by atoms with Crippen molar-refractivity contribution in [3.63, 3.8) is 0 Å². The van der Waals surface area contributed by atoms with Gasteiger partial charge >= 0.3 is 0 Å². The number of anilines is 1. The molecule has 106 valence electrons. The summed E-state index contributed by atoms with van der Waals surface area (Å²) in [6.07, 6.45) is 8.62. The second kappa shape index (κ2) is 6.56. The van der Waals surface area contributed by atoms with E-state index in [9.17, 15) is 0 Å². The highest BCUT2D eigenvalue weighted by Crippen LogP contribution is 2.35. The summed E-state index contributed by atoms with van der Waals surface area (Å²) < 4.78 is 0. The van der Waals surface area contributed by atoms with Crippen molar-refractivity contribution in [2.45, 2.75) is 58.8 Å². The summed E-state index contributed by atoms with van der Waals surface area (Å²) in [7, 11) is 0. The van der Waals surface area contributed by atoms with Gasteiger partial charge in [0.05, 0.1) is 0 Å². The van der Waals surface area contributed by atoms with Crippen LogP contribution in [-0.2, 0) is 6.42 Å². The minimum atomic E-state index is 0.403. The van der Waals surface area contributed by atoms with E-state index in [1.807, 2.05) is 6.07 Å². The Labute approximate surface area is 121 Å². The first kappa shape index (κ1) is 14.6. The highest BCUT2D eigenvalue weighted by Gasteiger charge is 2.26. The number of halogens is 1. The molecule has 0 amide bonds. The predicted octanol–water partition coefficient (Wildman–Crippen LogP) is 4.46. The Balaban J connectivity index is 1.98. The Hall–Kier alpha value is -0.830. The van der Waals surface area contributed by atoms with Crippen LogP contribution < -0.4 is 5.32 Å². The fourth-order valence-electron chi connectivity index (χ4n) is 2.78. The van der Waals surface area contributed by atoms with Gasteiger partial charge < -0.3 is 5.32 Å². The molecule has 1 fully saturated rings. The average Bonchev–Trinajstić information content (AvgIpc) is 2.37. The molecule has 1 saturated carbocycles. The van der Waals surface area contributed by atoms with Gasteiger partial charge in [-0.2, -0.15) is 0 Å². The van der Waals surface area contributed by atoms with E-state index < -0.39 is 0 Å². The number of hydrogen-bond donors (Lipinski definition) is 1. The van der Waals surface area contributed by atoms with Crippen LogP contribution >= 0.6 is 11.6 Å². The molecule has 1 aliphatic rings. The van der Waals surface area contributed by atoms with Crippen molar-refractivity contribution >= 4 is 17.4 Å². The summed E-state index contributed by atoms with van der Waals surface area (Å²) in [4.78, 5) is 8.78. The number of nitrogens with zero attached hydrogens (tertiary/aromatic N) is 2.